The van der Waals surface area contributed by atoms with Gasteiger partial charge >= 0.3 is 0 Å². The molecule has 1 aliphatic rings. The summed E-state index contributed by atoms with van der Waals surface area (Å²) < 4.78 is 5.85. The van der Waals surface area contributed by atoms with Crippen molar-refractivity contribution in [2.24, 2.45) is 0 Å². The molecule has 2 unspecified atom stereocenters. The van der Waals surface area contributed by atoms with Crippen LogP contribution < -0.4 is 5.32 Å². The third-order valence-electron chi connectivity index (χ3n) is 2.87. The number of fused-ring (bicyclic) bond motifs is 1. The molecule has 0 saturated heterocycles. The molecule has 1 N–H and O–H groups in total. The summed E-state index contributed by atoms with van der Waals surface area (Å²) in [5.74, 6) is 1.73. The van der Waals surface area contributed by atoms with Gasteiger partial charge in [-0.05, 0) is 25.6 Å². The van der Waals surface area contributed by atoms with Gasteiger partial charge in [0.25, 0.3) is 0 Å². The van der Waals surface area contributed by atoms with E-state index in [0.717, 1.165) is 18.9 Å². The van der Waals surface area contributed by atoms with Gasteiger partial charge in [0.2, 0.25) is 0 Å². The van der Waals surface area contributed by atoms with Crippen molar-refractivity contribution in [3.8, 4) is 0 Å². The molecule has 1 heterocycles. The normalized spacial score (nSPS) is 20.8. The lowest BCUT2D eigenvalue weighted by Crippen LogP contribution is -2.25. The molecule has 0 bridgehead atoms. The van der Waals surface area contributed by atoms with Crippen molar-refractivity contribution in [3.63, 3.8) is 0 Å². The maximum absolute atomic E-state index is 5.85. The van der Waals surface area contributed by atoms with Crippen molar-refractivity contribution >= 4 is 11.8 Å². The summed E-state index contributed by atoms with van der Waals surface area (Å²) in [6, 6.07) is 8.66. The number of thioether (sulfide) groups is 1. The topological polar surface area (TPSA) is 21.3 Å². The van der Waals surface area contributed by atoms with Crippen LogP contribution in [0, 0.1) is 0 Å². The van der Waals surface area contributed by atoms with Gasteiger partial charge in [0.15, 0.2) is 0 Å². The first kappa shape index (κ1) is 12.0. The first-order chi connectivity index (χ1) is 7.81. The van der Waals surface area contributed by atoms with Crippen LogP contribution in [-0.4, -0.2) is 32.1 Å². The van der Waals surface area contributed by atoms with E-state index in [-0.39, 0.29) is 0 Å². The van der Waals surface area contributed by atoms with Crippen LogP contribution in [0.15, 0.2) is 29.2 Å². The van der Waals surface area contributed by atoms with Crippen molar-refractivity contribution in [2.45, 2.75) is 23.8 Å². The molecule has 0 aliphatic carbocycles. The summed E-state index contributed by atoms with van der Waals surface area (Å²) >= 11 is 1.95. The van der Waals surface area contributed by atoms with Crippen LogP contribution in [0.5, 0.6) is 0 Å². The molecule has 88 valence electrons. The number of nitrogens with one attached hydrogen (secondary N) is 1. The molecule has 0 spiro atoms. The molecule has 2 atom stereocenters. The molecule has 2 nitrogen and oxygen atoms in total. The highest BCUT2D eigenvalue weighted by Gasteiger charge is 2.23. The van der Waals surface area contributed by atoms with Crippen molar-refractivity contribution in [2.75, 3.05) is 26.0 Å². The van der Waals surface area contributed by atoms with E-state index in [1.54, 1.807) is 0 Å². The molecule has 0 saturated carbocycles. The van der Waals surface area contributed by atoms with Crippen LogP contribution in [0.3, 0.4) is 0 Å². The fourth-order valence-corrected chi connectivity index (χ4v) is 3.23. The summed E-state index contributed by atoms with van der Waals surface area (Å²) in [7, 11) is 1.96. The predicted molar refractivity (Wildman–Crippen MR) is 69.2 cm³/mol. The minimum atomic E-state index is 0.294. The Bertz CT molecular complexity index is 342. The van der Waals surface area contributed by atoms with Gasteiger partial charge in [-0.3, -0.25) is 0 Å². The standard InChI is InChI=1S/C13H19NOS/c1-10(7-14-2)15-8-11-9-16-13-6-4-3-5-12(11)13/h3-6,10-11,14H,7-9H2,1-2H3. The van der Waals surface area contributed by atoms with E-state index in [1.165, 1.54) is 10.5 Å². The van der Waals surface area contributed by atoms with Gasteiger partial charge in [0, 0.05) is 23.1 Å². The first-order valence-electron chi connectivity index (χ1n) is 5.79. The highest BCUT2D eigenvalue weighted by atomic mass is 32.2. The number of hydrogen-bond donors (Lipinski definition) is 1. The van der Waals surface area contributed by atoms with E-state index in [1.807, 2.05) is 18.8 Å². The zero-order chi connectivity index (χ0) is 11.4. The van der Waals surface area contributed by atoms with Crippen LogP contribution in [0.4, 0.5) is 0 Å². The summed E-state index contributed by atoms with van der Waals surface area (Å²) in [5, 5.41) is 3.13. The number of rotatable bonds is 5. The second kappa shape index (κ2) is 5.71. The lowest BCUT2D eigenvalue weighted by atomic mass is 10.0. The van der Waals surface area contributed by atoms with Crippen LogP contribution in [-0.2, 0) is 4.74 Å². The van der Waals surface area contributed by atoms with E-state index >= 15 is 0 Å². The summed E-state index contributed by atoms with van der Waals surface area (Å²) in [6.45, 7) is 3.87. The minimum absolute atomic E-state index is 0.294. The monoisotopic (exact) mass is 237 g/mol. The minimum Gasteiger partial charge on any atom is -0.377 e. The second-order valence-corrected chi connectivity index (χ2v) is 5.31. The van der Waals surface area contributed by atoms with Crippen molar-refractivity contribution < 1.29 is 4.74 Å². The Hall–Kier alpha value is -0.510. The molecule has 1 aromatic carbocycles. The molecule has 16 heavy (non-hydrogen) atoms. The largest absolute Gasteiger partial charge is 0.377 e. The second-order valence-electron chi connectivity index (χ2n) is 4.25. The Morgan fingerprint density at radius 1 is 1.50 bits per heavy atom. The number of benzene rings is 1. The lowest BCUT2D eigenvalue weighted by molar-refractivity contribution is 0.0600. The fraction of sp³-hybridized carbons (Fsp3) is 0.538. The van der Waals surface area contributed by atoms with Gasteiger partial charge in [-0.2, -0.15) is 0 Å². The average Bonchev–Trinajstić information content (AvgIpc) is 2.70. The Labute approximate surface area is 102 Å². The van der Waals surface area contributed by atoms with Crippen LogP contribution in [0.1, 0.15) is 18.4 Å². The average molecular weight is 237 g/mol. The summed E-state index contributed by atoms with van der Waals surface area (Å²) in [4.78, 5) is 1.43. The van der Waals surface area contributed by atoms with Crippen LogP contribution in [0.2, 0.25) is 0 Å². The van der Waals surface area contributed by atoms with Gasteiger partial charge in [-0.15, -0.1) is 11.8 Å². The Balaban J connectivity index is 1.88. The molecule has 0 amide bonds. The summed E-state index contributed by atoms with van der Waals surface area (Å²) in [5.41, 5.74) is 1.46. The number of hydrogen-bond acceptors (Lipinski definition) is 3. The highest BCUT2D eigenvalue weighted by molar-refractivity contribution is 7.99. The van der Waals surface area contributed by atoms with Crippen molar-refractivity contribution in [1.29, 1.82) is 0 Å². The number of likely N-dealkylation sites (N-methyl/N-ethyl adjacent to an activating group) is 1. The van der Waals surface area contributed by atoms with Crippen LogP contribution in [0.25, 0.3) is 0 Å². The van der Waals surface area contributed by atoms with Crippen LogP contribution >= 0.6 is 11.8 Å². The van der Waals surface area contributed by atoms with Crippen molar-refractivity contribution in [1.82, 2.24) is 5.32 Å². The molecular weight excluding hydrogens is 218 g/mol. The van der Waals surface area contributed by atoms with Gasteiger partial charge < -0.3 is 10.1 Å². The Morgan fingerprint density at radius 2 is 2.31 bits per heavy atom. The zero-order valence-corrected chi connectivity index (χ0v) is 10.7. The fourth-order valence-electron chi connectivity index (χ4n) is 1.99. The quantitative estimate of drug-likeness (QED) is 0.850. The SMILES string of the molecule is CNCC(C)OCC1CSc2ccccc21. The van der Waals surface area contributed by atoms with Gasteiger partial charge in [0.1, 0.15) is 0 Å². The van der Waals surface area contributed by atoms with E-state index in [2.05, 4.69) is 36.5 Å². The summed E-state index contributed by atoms with van der Waals surface area (Å²) in [6.07, 6.45) is 0.294. The third-order valence-corrected chi connectivity index (χ3v) is 4.12. The van der Waals surface area contributed by atoms with Crippen molar-refractivity contribution in [3.05, 3.63) is 29.8 Å². The molecule has 0 radical (unpaired) electrons. The molecule has 1 aromatic rings. The Kier molecular flexibility index (Phi) is 4.27. The lowest BCUT2D eigenvalue weighted by Gasteiger charge is -2.16. The Morgan fingerprint density at radius 3 is 3.12 bits per heavy atom. The molecule has 0 fully saturated rings. The van der Waals surface area contributed by atoms with Gasteiger partial charge in [-0.1, -0.05) is 18.2 Å². The third kappa shape index (κ3) is 2.78. The zero-order valence-electron chi connectivity index (χ0n) is 9.90. The van der Waals surface area contributed by atoms with E-state index in [4.69, 9.17) is 4.74 Å². The highest BCUT2D eigenvalue weighted by Crippen LogP contribution is 2.39. The van der Waals surface area contributed by atoms with Gasteiger partial charge in [-0.25, -0.2) is 0 Å². The van der Waals surface area contributed by atoms with E-state index < -0.39 is 0 Å². The molecule has 0 aromatic heterocycles. The molecule has 2 rings (SSSR count). The molecule has 1 aliphatic heterocycles. The van der Waals surface area contributed by atoms with E-state index in [0.29, 0.717) is 12.0 Å². The predicted octanol–water partition coefficient (Wildman–Crippen LogP) is 2.50. The molecule has 3 heteroatoms. The maximum Gasteiger partial charge on any atom is 0.0671 e. The van der Waals surface area contributed by atoms with Gasteiger partial charge in [0.05, 0.1) is 12.7 Å². The van der Waals surface area contributed by atoms with E-state index in [9.17, 15) is 0 Å². The number of ether oxygens (including phenoxy) is 1. The smallest absolute Gasteiger partial charge is 0.0671 e. The first-order valence-corrected chi connectivity index (χ1v) is 6.77. The maximum atomic E-state index is 5.85. The molecular formula is C13H19NOS.